The molecule has 1 saturated carbocycles. The second-order valence-corrected chi connectivity index (χ2v) is 7.25. The Balaban J connectivity index is 2.03. The molecular formula is C20H33N. The van der Waals surface area contributed by atoms with Gasteiger partial charge in [0, 0.05) is 11.7 Å². The summed E-state index contributed by atoms with van der Waals surface area (Å²) in [7, 11) is 0. The van der Waals surface area contributed by atoms with E-state index in [-0.39, 0.29) is 0 Å². The molecule has 0 aliphatic heterocycles. The van der Waals surface area contributed by atoms with Gasteiger partial charge in [0.15, 0.2) is 0 Å². The van der Waals surface area contributed by atoms with Crippen molar-refractivity contribution in [3.8, 4) is 0 Å². The molecule has 2 rings (SSSR count). The maximum absolute atomic E-state index is 3.70. The smallest absolute Gasteiger partial charge is 0.0345 e. The van der Waals surface area contributed by atoms with Crippen LogP contribution in [0.15, 0.2) is 24.3 Å². The summed E-state index contributed by atoms with van der Waals surface area (Å²) in [4.78, 5) is 0. The van der Waals surface area contributed by atoms with Gasteiger partial charge in [-0.05, 0) is 55.2 Å². The van der Waals surface area contributed by atoms with Crippen LogP contribution in [0.4, 0.5) is 5.69 Å². The molecule has 1 fully saturated rings. The summed E-state index contributed by atoms with van der Waals surface area (Å²) in [5.74, 6) is 2.41. The van der Waals surface area contributed by atoms with Gasteiger partial charge >= 0.3 is 0 Å². The average molecular weight is 287 g/mol. The molecule has 0 bridgehead atoms. The van der Waals surface area contributed by atoms with Crippen LogP contribution in [0.25, 0.3) is 0 Å². The van der Waals surface area contributed by atoms with Crippen molar-refractivity contribution in [1.82, 2.24) is 0 Å². The quantitative estimate of drug-likeness (QED) is 0.634. The molecule has 0 aromatic heterocycles. The van der Waals surface area contributed by atoms with Crippen molar-refractivity contribution in [2.24, 2.45) is 11.8 Å². The fraction of sp³-hybridized carbons (Fsp3) is 0.700. The highest BCUT2D eigenvalue weighted by Gasteiger charge is 2.18. The van der Waals surface area contributed by atoms with E-state index in [1.165, 1.54) is 44.2 Å². The van der Waals surface area contributed by atoms with Crippen LogP contribution in [-0.4, -0.2) is 6.04 Å². The average Bonchev–Trinajstić information content (AvgIpc) is 2.71. The highest BCUT2D eigenvalue weighted by Crippen LogP contribution is 2.34. The Kier molecular flexibility index (Phi) is 6.14. The fourth-order valence-corrected chi connectivity index (χ4v) is 3.46. The largest absolute Gasteiger partial charge is 0.382 e. The molecule has 0 spiro atoms. The molecule has 1 aliphatic rings. The van der Waals surface area contributed by atoms with Crippen molar-refractivity contribution in [3.63, 3.8) is 0 Å². The van der Waals surface area contributed by atoms with Gasteiger partial charge in [0.2, 0.25) is 0 Å². The molecular weight excluding hydrogens is 254 g/mol. The highest BCUT2D eigenvalue weighted by molar-refractivity contribution is 5.47. The Morgan fingerprint density at radius 2 is 1.95 bits per heavy atom. The van der Waals surface area contributed by atoms with Gasteiger partial charge in [-0.2, -0.15) is 0 Å². The van der Waals surface area contributed by atoms with Crippen molar-refractivity contribution >= 4 is 5.69 Å². The zero-order valence-electron chi connectivity index (χ0n) is 14.4. The third kappa shape index (κ3) is 4.76. The third-order valence-electron chi connectivity index (χ3n) is 5.51. The van der Waals surface area contributed by atoms with Gasteiger partial charge < -0.3 is 5.32 Å². The molecule has 0 radical (unpaired) electrons. The summed E-state index contributed by atoms with van der Waals surface area (Å²) in [5, 5.41) is 3.70. The lowest BCUT2D eigenvalue weighted by Crippen LogP contribution is -2.23. The zero-order valence-corrected chi connectivity index (χ0v) is 14.4. The Morgan fingerprint density at radius 1 is 1.14 bits per heavy atom. The van der Waals surface area contributed by atoms with Crippen LogP contribution >= 0.6 is 0 Å². The number of rotatable bonds is 5. The van der Waals surface area contributed by atoms with Gasteiger partial charge in [0.25, 0.3) is 0 Å². The van der Waals surface area contributed by atoms with E-state index in [0.29, 0.717) is 12.0 Å². The normalized spacial score (nSPS) is 25.9. The molecule has 4 unspecified atom stereocenters. The van der Waals surface area contributed by atoms with Crippen LogP contribution in [-0.2, 0) is 0 Å². The van der Waals surface area contributed by atoms with Gasteiger partial charge in [-0.1, -0.05) is 58.6 Å². The Morgan fingerprint density at radius 3 is 2.71 bits per heavy atom. The predicted octanol–water partition coefficient (Wildman–Crippen LogP) is 6.22. The molecule has 21 heavy (non-hydrogen) atoms. The molecule has 1 aromatic carbocycles. The SMILES string of the molecule is CCC(C)C(C)Nc1cccc(C2CCCC(C)CC2)c1. The van der Waals surface area contributed by atoms with Crippen molar-refractivity contribution in [3.05, 3.63) is 29.8 Å². The number of nitrogens with one attached hydrogen (secondary N) is 1. The van der Waals surface area contributed by atoms with Gasteiger partial charge in [-0.3, -0.25) is 0 Å². The molecule has 1 aliphatic carbocycles. The summed E-state index contributed by atoms with van der Waals surface area (Å²) in [6, 6.07) is 9.73. The van der Waals surface area contributed by atoms with Crippen LogP contribution in [0.3, 0.4) is 0 Å². The van der Waals surface area contributed by atoms with Crippen molar-refractivity contribution in [2.75, 3.05) is 5.32 Å². The lowest BCUT2D eigenvalue weighted by Gasteiger charge is -2.22. The van der Waals surface area contributed by atoms with Crippen LogP contribution in [0.1, 0.15) is 77.7 Å². The monoisotopic (exact) mass is 287 g/mol. The predicted molar refractivity (Wildman–Crippen MR) is 94.0 cm³/mol. The van der Waals surface area contributed by atoms with E-state index < -0.39 is 0 Å². The van der Waals surface area contributed by atoms with Crippen molar-refractivity contribution in [2.45, 2.75) is 78.2 Å². The maximum atomic E-state index is 3.70. The van der Waals surface area contributed by atoms with Crippen LogP contribution in [0, 0.1) is 11.8 Å². The van der Waals surface area contributed by atoms with Crippen LogP contribution in [0.5, 0.6) is 0 Å². The minimum atomic E-state index is 0.541. The number of hydrogen-bond donors (Lipinski definition) is 1. The van der Waals surface area contributed by atoms with Crippen molar-refractivity contribution < 1.29 is 0 Å². The van der Waals surface area contributed by atoms with Gasteiger partial charge in [-0.25, -0.2) is 0 Å². The van der Waals surface area contributed by atoms with Crippen LogP contribution in [0.2, 0.25) is 0 Å². The van der Waals surface area contributed by atoms with Gasteiger partial charge in [0.1, 0.15) is 0 Å². The molecule has 1 aromatic rings. The molecule has 0 saturated heterocycles. The highest BCUT2D eigenvalue weighted by atomic mass is 14.9. The molecule has 1 nitrogen and oxygen atoms in total. The molecule has 0 amide bonds. The second kappa shape index (κ2) is 7.87. The van der Waals surface area contributed by atoms with Crippen LogP contribution < -0.4 is 5.32 Å². The Hall–Kier alpha value is -0.980. The number of benzene rings is 1. The van der Waals surface area contributed by atoms with E-state index in [1.807, 2.05) is 0 Å². The first-order chi connectivity index (χ1) is 10.1. The molecule has 1 heteroatoms. The standard InChI is InChI=1S/C20H33N/c1-5-16(3)17(4)21-20-11-7-10-19(14-20)18-9-6-8-15(2)12-13-18/h7,10-11,14-18,21H,5-6,8-9,12-13H2,1-4H3. The molecule has 4 atom stereocenters. The van der Waals surface area contributed by atoms with E-state index in [4.69, 9.17) is 0 Å². The lowest BCUT2D eigenvalue weighted by molar-refractivity contribution is 0.494. The summed E-state index contributed by atoms with van der Waals surface area (Å²) in [6.45, 7) is 9.31. The second-order valence-electron chi connectivity index (χ2n) is 7.25. The minimum Gasteiger partial charge on any atom is -0.382 e. The maximum Gasteiger partial charge on any atom is 0.0345 e. The topological polar surface area (TPSA) is 12.0 Å². The molecule has 0 heterocycles. The Bertz CT molecular complexity index is 426. The lowest BCUT2D eigenvalue weighted by atomic mass is 9.91. The summed E-state index contributed by atoms with van der Waals surface area (Å²) < 4.78 is 0. The van der Waals surface area contributed by atoms with Gasteiger partial charge in [-0.15, -0.1) is 0 Å². The first-order valence-corrected chi connectivity index (χ1v) is 8.96. The minimum absolute atomic E-state index is 0.541. The summed E-state index contributed by atoms with van der Waals surface area (Å²) >= 11 is 0. The summed E-state index contributed by atoms with van der Waals surface area (Å²) in [6.07, 6.45) is 8.17. The third-order valence-corrected chi connectivity index (χ3v) is 5.51. The fourth-order valence-electron chi connectivity index (χ4n) is 3.46. The number of anilines is 1. The Labute approximate surface area is 131 Å². The van der Waals surface area contributed by atoms with E-state index in [0.717, 1.165) is 11.8 Å². The van der Waals surface area contributed by atoms with Crippen molar-refractivity contribution in [1.29, 1.82) is 0 Å². The van der Waals surface area contributed by atoms with Gasteiger partial charge in [0.05, 0.1) is 0 Å². The first-order valence-electron chi connectivity index (χ1n) is 8.96. The first kappa shape index (κ1) is 16.4. The van der Waals surface area contributed by atoms with E-state index in [2.05, 4.69) is 57.3 Å². The number of hydrogen-bond acceptors (Lipinski definition) is 1. The van der Waals surface area contributed by atoms with E-state index >= 15 is 0 Å². The zero-order chi connectivity index (χ0) is 15.2. The van der Waals surface area contributed by atoms with E-state index in [1.54, 1.807) is 5.56 Å². The summed E-state index contributed by atoms with van der Waals surface area (Å²) in [5.41, 5.74) is 2.85. The molecule has 1 N–H and O–H groups in total. The molecule has 118 valence electrons. The van der Waals surface area contributed by atoms with E-state index in [9.17, 15) is 0 Å².